The van der Waals surface area contributed by atoms with Gasteiger partial charge in [-0.25, -0.2) is 9.07 Å². The van der Waals surface area contributed by atoms with E-state index < -0.39 is 0 Å². The highest BCUT2D eigenvalue weighted by Crippen LogP contribution is 2.37. The molecule has 2 aromatic heterocycles. The lowest BCUT2D eigenvalue weighted by Gasteiger charge is -2.21. The molecule has 24 heavy (non-hydrogen) atoms. The Morgan fingerprint density at radius 3 is 2.71 bits per heavy atom. The van der Waals surface area contributed by atoms with Gasteiger partial charge in [-0.15, -0.1) is 5.10 Å². The lowest BCUT2D eigenvalue weighted by atomic mass is 9.85. The second-order valence-electron chi connectivity index (χ2n) is 5.85. The number of nitrogens with zero attached hydrogens (tertiary/aromatic N) is 2. The van der Waals surface area contributed by atoms with E-state index in [1.54, 1.807) is 30.1 Å². The fourth-order valence-corrected chi connectivity index (χ4v) is 3.26. The van der Waals surface area contributed by atoms with Crippen LogP contribution < -0.4 is 5.32 Å². The predicted octanol–water partition coefficient (Wildman–Crippen LogP) is 3.56. The summed E-state index contributed by atoms with van der Waals surface area (Å²) < 4.78 is 20.4. The zero-order valence-electron chi connectivity index (χ0n) is 13.1. The highest BCUT2D eigenvalue weighted by atomic mass is 19.1. The molecule has 1 N–H and O–H groups in total. The number of aromatic nitrogens is 2. The number of carbonyl (C=O) groups excluding carboxylic acids is 1. The van der Waals surface area contributed by atoms with E-state index in [1.165, 1.54) is 12.1 Å². The summed E-state index contributed by atoms with van der Waals surface area (Å²) in [5, 5.41) is 7.49. The Kier molecular flexibility index (Phi) is 3.45. The number of ketones is 1. The molecule has 4 rings (SSSR count). The molecule has 0 saturated carbocycles. The number of halogens is 1. The fraction of sp³-hybridized carbons (Fsp3) is 0.222. The summed E-state index contributed by atoms with van der Waals surface area (Å²) in [5.41, 5.74) is 2.16. The minimum atomic E-state index is -0.307. The number of furan rings is 1. The van der Waals surface area contributed by atoms with Gasteiger partial charge in [-0.1, -0.05) is 0 Å². The van der Waals surface area contributed by atoms with Gasteiger partial charge in [-0.05, 0) is 36.4 Å². The minimum Gasteiger partial charge on any atom is -0.469 e. The molecule has 122 valence electrons. The molecule has 6 heteroatoms. The maximum absolute atomic E-state index is 13.2. The van der Waals surface area contributed by atoms with Crippen molar-refractivity contribution in [1.82, 2.24) is 9.78 Å². The quantitative estimate of drug-likeness (QED) is 0.800. The highest BCUT2D eigenvalue weighted by Gasteiger charge is 2.34. The van der Waals surface area contributed by atoms with Gasteiger partial charge in [0.05, 0.1) is 23.2 Å². The van der Waals surface area contributed by atoms with Crippen LogP contribution >= 0.6 is 0 Å². The Bertz CT molecular complexity index is 882. The van der Waals surface area contributed by atoms with Crippen molar-refractivity contribution in [2.45, 2.75) is 18.8 Å². The van der Waals surface area contributed by atoms with Gasteiger partial charge in [-0.3, -0.25) is 4.79 Å². The number of benzene rings is 1. The lowest BCUT2D eigenvalue weighted by Crippen LogP contribution is -2.20. The Morgan fingerprint density at radius 1 is 1.25 bits per heavy atom. The number of nitrogens with one attached hydrogen (secondary N) is 1. The maximum Gasteiger partial charge on any atom is 0.169 e. The van der Waals surface area contributed by atoms with Gasteiger partial charge in [-0.2, -0.15) is 0 Å². The van der Waals surface area contributed by atoms with E-state index in [0.29, 0.717) is 24.2 Å². The average Bonchev–Trinajstić information content (AvgIpc) is 3.23. The van der Waals surface area contributed by atoms with Crippen LogP contribution in [0.25, 0.3) is 5.69 Å². The van der Waals surface area contributed by atoms with Gasteiger partial charge in [0.15, 0.2) is 11.6 Å². The summed E-state index contributed by atoms with van der Waals surface area (Å²) in [4.78, 5) is 12.7. The van der Waals surface area contributed by atoms with E-state index in [1.807, 2.05) is 12.1 Å². The molecule has 1 atom stereocenters. The zero-order chi connectivity index (χ0) is 16.7. The molecule has 2 heterocycles. The molecule has 0 bridgehead atoms. The van der Waals surface area contributed by atoms with Crippen molar-refractivity contribution >= 4 is 11.6 Å². The SMILES string of the molecule is CNc1nn(-c2ccc(F)cc2)c2c1C(=O)C[C@@H](c1ccco1)C2. The summed E-state index contributed by atoms with van der Waals surface area (Å²) in [6.45, 7) is 0. The number of carbonyl (C=O) groups is 1. The summed E-state index contributed by atoms with van der Waals surface area (Å²) in [6.07, 6.45) is 2.65. The lowest BCUT2D eigenvalue weighted by molar-refractivity contribution is 0.0960. The summed E-state index contributed by atoms with van der Waals surface area (Å²) in [7, 11) is 1.74. The molecule has 0 fully saturated rings. The molecule has 1 aliphatic rings. The van der Waals surface area contributed by atoms with Gasteiger partial charge in [0.1, 0.15) is 11.6 Å². The molecule has 0 radical (unpaired) electrons. The first kappa shape index (κ1) is 14.7. The summed E-state index contributed by atoms with van der Waals surface area (Å²) >= 11 is 0. The van der Waals surface area contributed by atoms with Crippen LogP contribution in [-0.4, -0.2) is 22.6 Å². The first-order chi connectivity index (χ1) is 11.7. The van der Waals surface area contributed by atoms with E-state index in [-0.39, 0.29) is 17.5 Å². The molecule has 0 spiro atoms. The fourth-order valence-electron chi connectivity index (χ4n) is 3.26. The van der Waals surface area contributed by atoms with Gasteiger partial charge >= 0.3 is 0 Å². The monoisotopic (exact) mass is 325 g/mol. The van der Waals surface area contributed by atoms with E-state index in [9.17, 15) is 9.18 Å². The van der Waals surface area contributed by atoms with E-state index in [2.05, 4.69) is 10.4 Å². The number of fused-ring (bicyclic) bond motifs is 1. The van der Waals surface area contributed by atoms with Gasteiger partial charge in [0.2, 0.25) is 0 Å². The van der Waals surface area contributed by atoms with E-state index in [4.69, 9.17) is 4.42 Å². The number of anilines is 1. The summed E-state index contributed by atoms with van der Waals surface area (Å²) in [5.74, 6) is 1.07. The predicted molar refractivity (Wildman–Crippen MR) is 87.2 cm³/mol. The normalized spacial score (nSPS) is 16.9. The number of Topliss-reactive ketones (excluding diaryl/α,β-unsaturated/α-hetero) is 1. The van der Waals surface area contributed by atoms with Crippen LogP contribution in [0.15, 0.2) is 47.1 Å². The molecular weight excluding hydrogens is 309 g/mol. The average molecular weight is 325 g/mol. The third-order valence-corrected chi connectivity index (χ3v) is 4.38. The minimum absolute atomic E-state index is 0.0133. The van der Waals surface area contributed by atoms with Crippen molar-refractivity contribution in [3.8, 4) is 5.69 Å². The Hall–Kier alpha value is -2.89. The van der Waals surface area contributed by atoms with Crippen molar-refractivity contribution in [1.29, 1.82) is 0 Å². The van der Waals surface area contributed by atoms with Crippen LogP contribution in [0.1, 0.15) is 34.2 Å². The second kappa shape index (κ2) is 5.63. The standard InChI is InChI=1S/C18H16FN3O2/c1-20-18-17-14(22(21-18)13-6-4-12(19)5-7-13)9-11(10-15(17)23)16-3-2-8-24-16/h2-8,11H,9-10H2,1H3,(H,20,21)/t11-/m0/s1. The molecule has 0 saturated heterocycles. The molecule has 1 aliphatic carbocycles. The number of rotatable bonds is 3. The Morgan fingerprint density at radius 2 is 2.04 bits per heavy atom. The van der Waals surface area contributed by atoms with Gasteiger partial charge in [0.25, 0.3) is 0 Å². The van der Waals surface area contributed by atoms with Crippen molar-refractivity contribution in [3.05, 3.63) is 65.5 Å². The second-order valence-corrected chi connectivity index (χ2v) is 5.85. The Balaban J connectivity index is 1.83. The molecule has 1 aromatic carbocycles. The largest absolute Gasteiger partial charge is 0.469 e. The van der Waals surface area contributed by atoms with Crippen LogP contribution in [0.4, 0.5) is 10.2 Å². The first-order valence-corrected chi connectivity index (χ1v) is 7.79. The van der Waals surface area contributed by atoms with Crippen LogP contribution in [0.3, 0.4) is 0 Å². The van der Waals surface area contributed by atoms with E-state index in [0.717, 1.165) is 17.1 Å². The van der Waals surface area contributed by atoms with Crippen LogP contribution in [0.2, 0.25) is 0 Å². The molecular formula is C18H16FN3O2. The van der Waals surface area contributed by atoms with Crippen molar-refractivity contribution in [2.24, 2.45) is 0 Å². The first-order valence-electron chi connectivity index (χ1n) is 7.79. The smallest absolute Gasteiger partial charge is 0.169 e. The van der Waals surface area contributed by atoms with Crippen molar-refractivity contribution < 1.29 is 13.6 Å². The van der Waals surface area contributed by atoms with Crippen LogP contribution in [-0.2, 0) is 6.42 Å². The summed E-state index contributed by atoms with van der Waals surface area (Å²) in [6, 6.07) is 9.80. The topological polar surface area (TPSA) is 60.1 Å². The van der Waals surface area contributed by atoms with Crippen molar-refractivity contribution in [3.63, 3.8) is 0 Å². The number of hydrogen-bond donors (Lipinski definition) is 1. The third-order valence-electron chi connectivity index (χ3n) is 4.38. The zero-order valence-corrected chi connectivity index (χ0v) is 13.1. The third kappa shape index (κ3) is 2.31. The number of hydrogen-bond acceptors (Lipinski definition) is 4. The van der Waals surface area contributed by atoms with Gasteiger partial charge < -0.3 is 9.73 Å². The van der Waals surface area contributed by atoms with Crippen molar-refractivity contribution in [2.75, 3.05) is 12.4 Å². The molecule has 0 amide bonds. The highest BCUT2D eigenvalue weighted by molar-refractivity contribution is 6.03. The maximum atomic E-state index is 13.2. The molecule has 5 nitrogen and oxygen atoms in total. The van der Waals surface area contributed by atoms with Crippen LogP contribution in [0.5, 0.6) is 0 Å². The molecule has 3 aromatic rings. The van der Waals surface area contributed by atoms with E-state index >= 15 is 0 Å². The van der Waals surface area contributed by atoms with Crippen LogP contribution in [0, 0.1) is 5.82 Å². The molecule has 0 aliphatic heterocycles. The van der Waals surface area contributed by atoms with Gasteiger partial charge in [0, 0.05) is 25.8 Å². The molecule has 0 unspecified atom stereocenters. The Labute approximate surface area is 138 Å².